The zero-order valence-electron chi connectivity index (χ0n) is 15.4. The summed E-state index contributed by atoms with van der Waals surface area (Å²) in [6.45, 7) is 4.43. The number of halogens is 2. The van der Waals surface area contributed by atoms with Crippen LogP contribution in [-0.4, -0.2) is 59.5 Å². The van der Waals surface area contributed by atoms with Crippen molar-refractivity contribution in [3.8, 4) is 0 Å². The Kier molecular flexibility index (Phi) is 5.75. The molecule has 7 heteroatoms. The Hall–Kier alpha value is -1.05. The second-order valence-corrected chi connectivity index (χ2v) is 7.60. The summed E-state index contributed by atoms with van der Waals surface area (Å²) in [5.74, 6) is -2.15. The average molecular weight is 356 g/mol. The second kappa shape index (κ2) is 7.68. The van der Waals surface area contributed by atoms with E-state index in [4.69, 9.17) is 4.74 Å². The number of likely N-dealkylation sites (N-methyl/N-ethyl adjacent to an activating group) is 1. The highest BCUT2D eigenvalue weighted by molar-refractivity contribution is 5.10. The fourth-order valence-corrected chi connectivity index (χ4v) is 4.15. The van der Waals surface area contributed by atoms with Crippen molar-refractivity contribution < 1.29 is 13.5 Å². The smallest absolute Gasteiger partial charge is 0.248 e. The van der Waals surface area contributed by atoms with Crippen LogP contribution in [0.2, 0.25) is 0 Å². The number of ether oxygens (including phenoxy) is 1. The van der Waals surface area contributed by atoms with E-state index in [1.54, 1.807) is 0 Å². The SMILES string of the molecule is CC(NC[C@@H]1OCCN(C)[C@H]1c1ccnn1C)C1CCC(F)(F)CC1. The van der Waals surface area contributed by atoms with Crippen LogP contribution < -0.4 is 5.32 Å². The molecule has 1 aliphatic carbocycles. The minimum Gasteiger partial charge on any atom is -0.374 e. The molecule has 2 aliphatic rings. The monoisotopic (exact) mass is 356 g/mol. The van der Waals surface area contributed by atoms with Crippen LogP contribution in [0, 0.1) is 5.92 Å². The number of aromatic nitrogens is 2. The van der Waals surface area contributed by atoms with Gasteiger partial charge in [-0.05, 0) is 38.8 Å². The minimum atomic E-state index is -2.46. The Morgan fingerprint density at radius 3 is 2.72 bits per heavy atom. The summed E-state index contributed by atoms with van der Waals surface area (Å²) in [7, 11) is 4.06. The normalized spacial score (nSPS) is 29.6. The third-order valence-electron chi connectivity index (χ3n) is 5.87. The molecule has 2 heterocycles. The van der Waals surface area contributed by atoms with Crippen LogP contribution in [0.3, 0.4) is 0 Å². The molecular weight excluding hydrogens is 326 g/mol. The van der Waals surface area contributed by atoms with Gasteiger partial charge in [-0.1, -0.05) is 0 Å². The molecule has 1 saturated heterocycles. The number of nitrogens with one attached hydrogen (secondary N) is 1. The molecule has 1 saturated carbocycles. The van der Waals surface area contributed by atoms with E-state index in [1.165, 1.54) is 0 Å². The second-order valence-electron chi connectivity index (χ2n) is 7.60. The molecule has 1 N–H and O–H groups in total. The van der Waals surface area contributed by atoms with Crippen molar-refractivity contribution in [3.63, 3.8) is 0 Å². The van der Waals surface area contributed by atoms with Crippen LogP contribution in [0.25, 0.3) is 0 Å². The zero-order valence-corrected chi connectivity index (χ0v) is 15.4. The first kappa shape index (κ1) is 18.7. The maximum Gasteiger partial charge on any atom is 0.248 e. The molecule has 1 unspecified atom stereocenters. The van der Waals surface area contributed by atoms with E-state index in [2.05, 4.69) is 29.3 Å². The molecule has 0 aromatic carbocycles. The highest BCUT2D eigenvalue weighted by atomic mass is 19.3. The summed E-state index contributed by atoms with van der Waals surface area (Å²) in [6.07, 6.45) is 3.07. The number of rotatable bonds is 5. The standard InChI is InChI=1S/C18H30F2N4O/c1-13(14-4-7-18(19,20)8-5-14)21-12-16-17(23(2)10-11-25-16)15-6-9-22-24(15)3/h6,9,13-14,16-17,21H,4-5,7-8,10-12H2,1-3H3/t13?,16-,17-/m0/s1. The van der Waals surface area contributed by atoms with Gasteiger partial charge in [0, 0.05) is 45.2 Å². The summed E-state index contributed by atoms with van der Waals surface area (Å²) in [6, 6.07) is 2.41. The molecule has 1 aromatic heterocycles. The number of alkyl halides is 2. The first-order valence-electron chi connectivity index (χ1n) is 9.28. The quantitative estimate of drug-likeness (QED) is 0.881. The minimum absolute atomic E-state index is 0.0179. The van der Waals surface area contributed by atoms with Gasteiger partial charge >= 0.3 is 0 Å². The molecule has 142 valence electrons. The van der Waals surface area contributed by atoms with Gasteiger partial charge in [0.2, 0.25) is 5.92 Å². The van der Waals surface area contributed by atoms with E-state index in [0.717, 1.165) is 12.2 Å². The summed E-state index contributed by atoms with van der Waals surface area (Å²) in [5, 5.41) is 7.84. The van der Waals surface area contributed by atoms with Crippen molar-refractivity contribution in [1.82, 2.24) is 20.0 Å². The highest BCUT2D eigenvalue weighted by Gasteiger charge is 2.37. The van der Waals surface area contributed by atoms with Crippen LogP contribution in [0.15, 0.2) is 12.3 Å². The molecule has 2 fully saturated rings. The maximum atomic E-state index is 13.4. The van der Waals surface area contributed by atoms with Crippen molar-refractivity contribution in [1.29, 1.82) is 0 Å². The molecular formula is C18H30F2N4O. The summed E-state index contributed by atoms with van der Waals surface area (Å²) in [4.78, 5) is 2.30. The molecule has 1 aliphatic heterocycles. The first-order valence-corrected chi connectivity index (χ1v) is 9.28. The number of nitrogens with zero attached hydrogens (tertiary/aromatic N) is 3. The summed E-state index contributed by atoms with van der Waals surface area (Å²) in [5.41, 5.74) is 1.14. The van der Waals surface area contributed by atoms with E-state index < -0.39 is 5.92 Å². The van der Waals surface area contributed by atoms with Gasteiger partial charge in [0.15, 0.2) is 0 Å². The zero-order chi connectivity index (χ0) is 18.0. The van der Waals surface area contributed by atoms with Gasteiger partial charge in [-0.25, -0.2) is 8.78 Å². The highest BCUT2D eigenvalue weighted by Crippen LogP contribution is 2.37. The van der Waals surface area contributed by atoms with Gasteiger partial charge in [0.25, 0.3) is 0 Å². The molecule has 1 aromatic rings. The van der Waals surface area contributed by atoms with E-state index in [1.807, 2.05) is 24.0 Å². The van der Waals surface area contributed by atoms with E-state index >= 15 is 0 Å². The van der Waals surface area contributed by atoms with Crippen molar-refractivity contribution in [2.24, 2.45) is 13.0 Å². The first-order chi connectivity index (χ1) is 11.9. The van der Waals surface area contributed by atoms with Crippen molar-refractivity contribution >= 4 is 0 Å². The Balaban J connectivity index is 1.58. The molecule has 3 rings (SSSR count). The Morgan fingerprint density at radius 1 is 1.36 bits per heavy atom. The molecule has 0 radical (unpaired) electrons. The third-order valence-corrected chi connectivity index (χ3v) is 5.87. The topological polar surface area (TPSA) is 42.3 Å². The van der Waals surface area contributed by atoms with E-state index in [0.29, 0.717) is 31.9 Å². The molecule has 25 heavy (non-hydrogen) atoms. The van der Waals surface area contributed by atoms with E-state index in [-0.39, 0.29) is 31.0 Å². The van der Waals surface area contributed by atoms with Crippen LogP contribution in [0.5, 0.6) is 0 Å². The van der Waals surface area contributed by atoms with Crippen LogP contribution in [-0.2, 0) is 11.8 Å². The predicted octanol–water partition coefficient (Wildman–Crippen LogP) is 2.60. The van der Waals surface area contributed by atoms with Gasteiger partial charge in [0.1, 0.15) is 0 Å². The van der Waals surface area contributed by atoms with E-state index in [9.17, 15) is 8.78 Å². The van der Waals surface area contributed by atoms with Crippen molar-refractivity contribution in [2.45, 2.75) is 56.7 Å². The Labute approximate surface area is 148 Å². The lowest BCUT2D eigenvalue weighted by molar-refractivity contribution is -0.0680. The Bertz CT molecular complexity index is 555. The van der Waals surface area contributed by atoms with Gasteiger partial charge in [-0.3, -0.25) is 9.58 Å². The maximum absolute atomic E-state index is 13.4. The average Bonchev–Trinajstić information content (AvgIpc) is 2.98. The molecule has 3 atom stereocenters. The van der Waals surface area contributed by atoms with Gasteiger partial charge < -0.3 is 10.1 Å². The van der Waals surface area contributed by atoms with Crippen LogP contribution in [0.4, 0.5) is 8.78 Å². The van der Waals surface area contributed by atoms with Gasteiger partial charge in [0.05, 0.1) is 24.4 Å². The lowest BCUT2D eigenvalue weighted by Gasteiger charge is -2.40. The van der Waals surface area contributed by atoms with Crippen molar-refractivity contribution in [3.05, 3.63) is 18.0 Å². The number of hydrogen-bond donors (Lipinski definition) is 1. The molecule has 0 spiro atoms. The molecule has 0 amide bonds. The van der Waals surface area contributed by atoms with Gasteiger partial charge in [-0.2, -0.15) is 5.10 Å². The molecule has 0 bridgehead atoms. The van der Waals surface area contributed by atoms with Gasteiger partial charge in [-0.15, -0.1) is 0 Å². The van der Waals surface area contributed by atoms with Crippen molar-refractivity contribution in [2.75, 3.05) is 26.7 Å². The molecule has 5 nitrogen and oxygen atoms in total. The number of morpholine rings is 1. The summed E-state index contributed by atoms with van der Waals surface area (Å²) < 4.78 is 34.6. The summed E-state index contributed by atoms with van der Waals surface area (Å²) >= 11 is 0. The number of aryl methyl sites for hydroxylation is 1. The lowest BCUT2D eigenvalue weighted by Crippen LogP contribution is -2.50. The predicted molar refractivity (Wildman–Crippen MR) is 92.7 cm³/mol. The fraction of sp³-hybridized carbons (Fsp3) is 0.833. The largest absolute Gasteiger partial charge is 0.374 e. The van der Waals surface area contributed by atoms with Crippen LogP contribution >= 0.6 is 0 Å². The lowest BCUT2D eigenvalue weighted by atomic mass is 9.82. The third kappa shape index (κ3) is 4.38. The number of hydrogen-bond acceptors (Lipinski definition) is 4. The van der Waals surface area contributed by atoms with Crippen LogP contribution in [0.1, 0.15) is 44.3 Å². The fourth-order valence-electron chi connectivity index (χ4n) is 4.15. The Morgan fingerprint density at radius 2 is 2.08 bits per heavy atom.